The second-order valence-electron chi connectivity index (χ2n) is 9.50. The summed E-state index contributed by atoms with van der Waals surface area (Å²) in [6.07, 6.45) is 2.95. The number of likely N-dealkylation sites (N-methyl/N-ethyl adjacent to an activating group) is 1. The molecular formula is C21H40N4O3. The highest BCUT2D eigenvalue weighted by molar-refractivity contribution is 5.74. The van der Waals surface area contributed by atoms with E-state index in [1.807, 2.05) is 16.7 Å². The van der Waals surface area contributed by atoms with E-state index in [-0.39, 0.29) is 24.2 Å². The van der Waals surface area contributed by atoms with Gasteiger partial charge in [0.2, 0.25) is 0 Å². The summed E-state index contributed by atoms with van der Waals surface area (Å²) in [7, 11) is 0. The van der Waals surface area contributed by atoms with Crippen LogP contribution >= 0.6 is 0 Å². The SMILES string of the molecule is CCN(CC(=O)O)C1CCN(C(=O)NCC(C)(C)N2CC(C)CC(C)C2)CC1. The summed E-state index contributed by atoms with van der Waals surface area (Å²) in [6, 6.07) is 0.254. The van der Waals surface area contributed by atoms with Crippen LogP contribution in [0, 0.1) is 11.8 Å². The molecule has 2 amide bonds. The Labute approximate surface area is 170 Å². The van der Waals surface area contributed by atoms with Gasteiger partial charge in [-0.25, -0.2) is 4.79 Å². The molecule has 0 aromatic carbocycles. The molecule has 0 radical (unpaired) electrons. The van der Waals surface area contributed by atoms with Crippen LogP contribution in [0.5, 0.6) is 0 Å². The molecule has 0 spiro atoms. The van der Waals surface area contributed by atoms with Gasteiger partial charge in [-0.3, -0.25) is 14.6 Å². The first kappa shape index (κ1) is 22.9. The maximum absolute atomic E-state index is 12.7. The summed E-state index contributed by atoms with van der Waals surface area (Å²) >= 11 is 0. The van der Waals surface area contributed by atoms with Gasteiger partial charge in [-0.2, -0.15) is 0 Å². The maximum atomic E-state index is 12.7. The Hall–Kier alpha value is -1.34. The molecule has 2 unspecified atom stereocenters. The third kappa shape index (κ3) is 6.34. The van der Waals surface area contributed by atoms with Crippen LogP contribution in [-0.2, 0) is 4.79 Å². The van der Waals surface area contributed by atoms with Crippen molar-refractivity contribution in [3.8, 4) is 0 Å². The summed E-state index contributed by atoms with van der Waals surface area (Å²) in [6.45, 7) is 16.1. The number of hydrogen-bond acceptors (Lipinski definition) is 4. The number of piperidine rings is 2. The minimum absolute atomic E-state index is 0.00548. The lowest BCUT2D eigenvalue weighted by Crippen LogP contribution is -2.58. The average molecular weight is 397 g/mol. The summed E-state index contributed by atoms with van der Waals surface area (Å²) < 4.78 is 0. The Morgan fingerprint density at radius 2 is 1.71 bits per heavy atom. The van der Waals surface area contributed by atoms with Crippen molar-refractivity contribution in [3.05, 3.63) is 0 Å². The summed E-state index contributed by atoms with van der Waals surface area (Å²) in [5, 5.41) is 12.2. The number of urea groups is 1. The van der Waals surface area contributed by atoms with E-state index in [1.165, 1.54) is 6.42 Å². The van der Waals surface area contributed by atoms with Crippen LogP contribution in [-0.4, -0.2) is 89.2 Å². The monoisotopic (exact) mass is 396 g/mol. The van der Waals surface area contributed by atoms with E-state index >= 15 is 0 Å². The quantitative estimate of drug-likeness (QED) is 0.691. The highest BCUT2D eigenvalue weighted by atomic mass is 16.4. The van der Waals surface area contributed by atoms with Gasteiger partial charge >= 0.3 is 12.0 Å². The normalized spacial score (nSPS) is 25.1. The van der Waals surface area contributed by atoms with E-state index in [1.54, 1.807) is 0 Å². The molecule has 0 saturated carbocycles. The van der Waals surface area contributed by atoms with Crippen molar-refractivity contribution < 1.29 is 14.7 Å². The lowest BCUT2D eigenvalue weighted by molar-refractivity contribution is -0.139. The molecule has 162 valence electrons. The number of aliphatic carboxylic acids is 1. The smallest absolute Gasteiger partial charge is 0.317 e. The Morgan fingerprint density at radius 1 is 1.14 bits per heavy atom. The molecule has 2 aliphatic heterocycles. The van der Waals surface area contributed by atoms with Gasteiger partial charge < -0.3 is 15.3 Å². The van der Waals surface area contributed by atoms with Crippen LogP contribution in [0.2, 0.25) is 0 Å². The van der Waals surface area contributed by atoms with Crippen LogP contribution in [0.15, 0.2) is 0 Å². The fourth-order valence-electron chi connectivity index (χ4n) is 4.78. The molecule has 7 heteroatoms. The Balaban J connectivity index is 1.80. The van der Waals surface area contributed by atoms with E-state index in [4.69, 9.17) is 5.11 Å². The minimum atomic E-state index is -0.786. The van der Waals surface area contributed by atoms with Crippen molar-refractivity contribution in [1.82, 2.24) is 20.0 Å². The average Bonchev–Trinajstić information content (AvgIpc) is 2.63. The Morgan fingerprint density at radius 3 is 2.21 bits per heavy atom. The van der Waals surface area contributed by atoms with Gasteiger partial charge in [-0.05, 0) is 51.5 Å². The number of carboxylic acid groups (broad SMARTS) is 1. The van der Waals surface area contributed by atoms with Crippen molar-refractivity contribution in [1.29, 1.82) is 0 Å². The Bertz CT molecular complexity index is 522. The second kappa shape index (κ2) is 9.92. The van der Waals surface area contributed by atoms with E-state index in [0.29, 0.717) is 31.5 Å². The fourth-order valence-corrected chi connectivity index (χ4v) is 4.78. The number of nitrogens with one attached hydrogen (secondary N) is 1. The van der Waals surface area contributed by atoms with Gasteiger partial charge in [0.25, 0.3) is 0 Å². The van der Waals surface area contributed by atoms with Crippen LogP contribution in [0.3, 0.4) is 0 Å². The largest absolute Gasteiger partial charge is 0.480 e. The van der Waals surface area contributed by atoms with Gasteiger partial charge in [0.15, 0.2) is 0 Å². The molecule has 0 aromatic heterocycles. The number of rotatable bonds is 7. The highest BCUT2D eigenvalue weighted by Gasteiger charge is 2.34. The van der Waals surface area contributed by atoms with E-state index < -0.39 is 5.97 Å². The molecule has 2 N–H and O–H groups in total. The van der Waals surface area contributed by atoms with E-state index in [0.717, 1.165) is 32.5 Å². The van der Waals surface area contributed by atoms with Crippen molar-refractivity contribution in [2.45, 2.75) is 65.5 Å². The molecule has 2 fully saturated rings. The lowest BCUT2D eigenvalue weighted by Gasteiger charge is -2.45. The predicted molar refractivity (Wildman–Crippen MR) is 111 cm³/mol. The number of amides is 2. The summed E-state index contributed by atoms with van der Waals surface area (Å²) in [5.74, 6) is 0.612. The Kier molecular flexibility index (Phi) is 8.13. The number of likely N-dealkylation sites (tertiary alicyclic amines) is 2. The van der Waals surface area contributed by atoms with Crippen molar-refractivity contribution >= 4 is 12.0 Å². The number of carbonyl (C=O) groups is 2. The van der Waals surface area contributed by atoms with Gasteiger partial charge in [0.1, 0.15) is 0 Å². The first-order valence-electron chi connectivity index (χ1n) is 10.9. The topological polar surface area (TPSA) is 76.1 Å². The number of carboxylic acids is 1. The van der Waals surface area contributed by atoms with Gasteiger partial charge in [-0.15, -0.1) is 0 Å². The van der Waals surface area contributed by atoms with Gasteiger partial charge in [0, 0.05) is 44.3 Å². The van der Waals surface area contributed by atoms with Crippen molar-refractivity contribution in [2.24, 2.45) is 11.8 Å². The fraction of sp³-hybridized carbons (Fsp3) is 0.905. The number of carbonyl (C=O) groups excluding carboxylic acids is 1. The van der Waals surface area contributed by atoms with Crippen LogP contribution in [0.25, 0.3) is 0 Å². The molecule has 7 nitrogen and oxygen atoms in total. The molecule has 2 rings (SSSR count). The molecule has 0 bridgehead atoms. The van der Waals surface area contributed by atoms with Gasteiger partial charge in [0.05, 0.1) is 6.54 Å². The van der Waals surface area contributed by atoms with Crippen molar-refractivity contribution in [2.75, 3.05) is 45.8 Å². The zero-order valence-electron chi connectivity index (χ0n) is 18.4. The first-order chi connectivity index (χ1) is 13.1. The van der Waals surface area contributed by atoms with E-state index in [2.05, 4.69) is 37.9 Å². The summed E-state index contributed by atoms with van der Waals surface area (Å²) in [5.41, 5.74) is -0.0581. The maximum Gasteiger partial charge on any atom is 0.317 e. The molecular weight excluding hydrogens is 356 g/mol. The second-order valence-corrected chi connectivity index (χ2v) is 9.50. The predicted octanol–water partition coefficient (Wildman–Crippen LogP) is 2.32. The standard InChI is InChI=1S/C21H40N4O3/c1-6-23(14-19(26)27)18-7-9-24(10-8-18)20(28)22-15-21(4,5)25-12-16(2)11-17(3)13-25/h16-18H,6-15H2,1-5H3,(H,22,28)(H,26,27). The molecule has 2 heterocycles. The molecule has 28 heavy (non-hydrogen) atoms. The lowest BCUT2D eigenvalue weighted by atomic mass is 9.88. The van der Waals surface area contributed by atoms with Crippen LogP contribution in [0.4, 0.5) is 4.79 Å². The molecule has 0 aromatic rings. The highest BCUT2D eigenvalue weighted by Crippen LogP contribution is 2.27. The zero-order valence-corrected chi connectivity index (χ0v) is 18.4. The molecule has 2 atom stereocenters. The van der Waals surface area contributed by atoms with E-state index in [9.17, 15) is 9.59 Å². The number of hydrogen-bond donors (Lipinski definition) is 2. The molecule has 0 aliphatic carbocycles. The first-order valence-corrected chi connectivity index (χ1v) is 10.9. The van der Waals surface area contributed by atoms with Crippen LogP contribution in [0.1, 0.15) is 53.9 Å². The third-order valence-corrected chi connectivity index (χ3v) is 6.41. The van der Waals surface area contributed by atoms with Gasteiger partial charge in [-0.1, -0.05) is 20.8 Å². The van der Waals surface area contributed by atoms with Crippen LogP contribution < -0.4 is 5.32 Å². The molecule has 2 aliphatic rings. The zero-order chi connectivity index (χ0) is 20.9. The third-order valence-electron chi connectivity index (χ3n) is 6.41. The molecule has 2 saturated heterocycles. The van der Waals surface area contributed by atoms with Crippen molar-refractivity contribution in [3.63, 3.8) is 0 Å². The minimum Gasteiger partial charge on any atom is -0.480 e. The summed E-state index contributed by atoms with van der Waals surface area (Å²) in [4.78, 5) is 30.1. The number of nitrogens with zero attached hydrogens (tertiary/aromatic N) is 3.